The van der Waals surface area contributed by atoms with E-state index in [2.05, 4.69) is 15.6 Å². The predicted octanol–water partition coefficient (Wildman–Crippen LogP) is 3.45. The van der Waals surface area contributed by atoms with Gasteiger partial charge in [-0.15, -0.1) is 0 Å². The molecule has 2 rings (SSSR count). The minimum Gasteiger partial charge on any atom is -0.352 e. The Morgan fingerprint density at radius 3 is 2.71 bits per heavy atom. The predicted molar refractivity (Wildman–Crippen MR) is 95.3 cm³/mol. The molecule has 0 unspecified atom stereocenters. The molecule has 6 heteroatoms. The lowest BCUT2D eigenvalue weighted by atomic mass is 10.1. The van der Waals surface area contributed by atoms with E-state index in [4.69, 9.17) is 11.6 Å². The molecule has 0 radical (unpaired) electrons. The molecule has 24 heavy (non-hydrogen) atoms. The van der Waals surface area contributed by atoms with Crippen LogP contribution in [0.15, 0.2) is 42.6 Å². The van der Waals surface area contributed by atoms with Crippen LogP contribution in [0, 0.1) is 0 Å². The number of unbranched alkanes of at least 4 members (excludes halogenated alkanes) is 1. The highest BCUT2D eigenvalue weighted by atomic mass is 35.5. The monoisotopic (exact) mass is 345 g/mol. The smallest absolute Gasteiger partial charge is 0.252 e. The molecule has 0 aliphatic rings. The van der Waals surface area contributed by atoms with Crippen LogP contribution in [0.1, 0.15) is 35.8 Å². The molecule has 0 saturated carbocycles. The van der Waals surface area contributed by atoms with E-state index < -0.39 is 0 Å². The van der Waals surface area contributed by atoms with E-state index in [9.17, 15) is 9.59 Å². The van der Waals surface area contributed by atoms with Crippen LogP contribution in [0.3, 0.4) is 0 Å². The van der Waals surface area contributed by atoms with E-state index in [-0.39, 0.29) is 11.8 Å². The van der Waals surface area contributed by atoms with Gasteiger partial charge in [0.1, 0.15) is 0 Å². The van der Waals surface area contributed by atoms with Crippen LogP contribution in [0.2, 0.25) is 5.02 Å². The van der Waals surface area contributed by atoms with Gasteiger partial charge in [0, 0.05) is 31.0 Å². The largest absolute Gasteiger partial charge is 0.352 e. The number of carbonyl (C=O) groups is 2. The number of anilines is 1. The Bertz CT molecular complexity index is 705. The molecule has 0 fully saturated rings. The topological polar surface area (TPSA) is 71.1 Å². The summed E-state index contributed by atoms with van der Waals surface area (Å²) in [5, 5.41) is 5.84. The minimum absolute atomic E-state index is 0.196. The number of nitrogens with zero attached hydrogens (tertiary/aromatic N) is 1. The molecule has 126 valence electrons. The zero-order chi connectivity index (χ0) is 17.4. The first kappa shape index (κ1) is 17.9. The van der Waals surface area contributed by atoms with E-state index in [1.807, 2.05) is 18.2 Å². The van der Waals surface area contributed by atoms with Crippen LogP contribution in [0.4, 0.5) is 5.69 Å². The lowest BCUT2D eigenvalue weighted by molar-refractivity contribution is -0.114. The van der Waals surface area contributed by atoms with Crippen molar-refractivity contribution in [2.45, 2.75) is 26.2 Å². The van der Waals surface area contributed by atoms with E-state index in [1.165, 1.54) is 6.92 Å². The summed E-state index contributed by atoms with van der Waals surface area (Å²) in [6.07, 6.45) is 4.46. The third-order valence-electron chi connectivity index (χ3n) is 3.40. The molecule has 1 aromatic carbocycles. The van der Waals surface area contributed by atoms with Crippen molar-refractivity contribution < 1.29 is 9.59 Å². The van der Waals surface area contributed by atoms with Gasteiger partial charge < -0.3 is 10.6 Å². The van der Waals surface area contributed by atoms with Gasteiger partial charge in [-0.25, -0.2) is 0 Å². The Morgan fingerprint density at radius 1 is 1.17 bits per heavy atom. The molecule has 2 N–H and O–H groups in total. The fraction of sp³-hybridized carbons (Fsp3) is 0.278. The molecule has 0 atom stereocenters. The van der Waals surface area contributed by atoms with Gasteiger partial charge in [-0.1, -0.05) is 17.7 Å². The van der Waals surface area contributed by atoms with Gasteiger partial charge in [-0.3, -0.25) is 14.6 Å². The number of aromatic nitrogens is 1. The number of rotatable bonds is 7. The summed E-state index contributed by atoms with van der Waals surface area (Å²) < 4.78 is 0. The molecule has 0 aliphatic heterocycles. The Labute approximate surface area is 146 Å². The number of amides is 2. The van der Waals surface area contributed by atoms with Crippen LogP contribution >= 0.6 is 11.6 Å². The summed E-state index contributed by atoms with van der Waals surface area (Å²) in [4.78, 5) is 27.6. The Morgan fingerprint density at radius 2 is 2.00 bits per heavy atom. The van der Waals surface area contributed by atoms with E-state index in [0.29, 0.717) is 22.8 Å². The van der Waals surface area contributed by atoms with Gasteiger partial charge in [0.2, 0.25) is 5.91 Å². The van der Waals surface area contributed by atoms with Crippen molar-refractivity contribution in [3.05, 3.63) is 58.9 Å². The van der Waals surface area contributed by atoms with Crippen molar-refractivity contribution in [3.63, 3.8) is 0 Å². The fourth-order valence-corrected chi connectivity index (χ4v) is 2.46. The van der Waals surface area contributed by atoms with Crippen LogP contribution in [0.25, 0.3) is 0 Å². The number of halogens is 1. The van der Waals surface area contributed by atoms with Gasteiger partial charge in [-0.2, -0.15) is 0 Å². The fourth-order valence-electron chi connectivity index (χ4n) is 2.25. The second-order valence-corrected chi connectivity index (χ2v) is 5.82. The first-order valence-electron chi connectivity index (χ1n) is 7.81. The third kappa shape index (κ3) is 5.66. The summed E-state index contributed by atoms with van der Waals surface area (Å²) in [7, 11) is 0. The Balaban J connectivity index is 1.80. The standard InChI is InChI=1S/C18H20ClN3O2/c1-13(23)22-15-8-9-17(19)16(12-15)18(24)21-11-5-3-7-14-6-2-4-10-20-14/h2,4,6,8-10,12H,3,5,7,11H2,1H3,(H,21,24)(H,22,23). The van der Waals surface area contributed by atoms with Crippen LogP contribution < -0.4 is 10.6 Å². The molecule has 0 bridgehead atoms. The lowest BCUT2D eigenvalue weighted by Crippen LogP contribution is -2.25. The molecule has 2 aromatic rings. The lowest BCUT2D eigenvalue weighted by Gasteiger charge is -2.09. The normalized spacial score (nSPS) is 10.2. The van der Waals surface area contributed by atoms with Crippen molar-refractivity contribution >= 4 is 29.1 Å². The number of carbonyl (C=O) groups excluding carboxylic acids is 2. The van der Waals surface area contributed by atoms with Crippen LogP contribution in [-0.2, 0) is 11.2 Å². The number of hydrogen-bond donors (Lipinski definition) is 2. The summed E-state index contributed by atoms with van der Waals surface area (Å²) in [5.74, 6) is -0.441. The number of benzene rings is 1. The summed E-state index contributed by atoms with van der Waals surface area (Å²) in [6, 6.07) is 10.7. The van der Waals surface area contributed by atoms with Gasteiger partial charge >= 0.3 is 0 Å². The maximum Gasteiger partial charge on any atom is 0.252 e. The molecule has 5 nitrogen and oxygen atoms in total. The van der Waals surface area contributed by atoms with Crippen LogP contribution in [0.5, 0.6) is 0 Å². The van der Waals surface area contributed by atoms with Crippen molar-refractivity contribution in [2.24, 2.45) is 0 Å². The summed E-state index contributed by atoms with van der Waals surface area (Å²) in [6.45, 7) is 1.97. The zero-order valence-electron chi connectivity index (χ0n) is 13.5. The second-order valence-electron chi connectivity index (χ2n) is 5.41. The average molecular weight is 346 g/mol. The molecular weight excluding hydrogens is 326 g/mol. The highest BCUT2D eigenvalue weighted by Gasteiger charge is 2.11. The number of aryl methyl sites for hydroxylation is 1. The molecular formula is C18H20ClN3O2. The first-order chi connectivity index (χ1) is 11.6. The minimum atomic E-state index is -0.245. The molecule has 0 aliphatic carbocycles. The highest BCUT2D eigenvalue weighted by molar-refractivity contribution is 6.34. The maximum atomic E-state index is 12.2. The van der Waals surface area contributed by atoms with Gasteiger partial charge in [-0.05, 0) is 49.6 Å². The molecule has 2 amide bonds. The van der Waals surface area contributed by atoms with Crippen molar-refractivity contribution in [1.29, 1.82) is 0 Å². The highest BCUT2D eigenvalue weighted by Crippen LogP contribution is 2.20. The number of pyridine rings is 1. The molecule has 0 spiro atoms. The van der Waals surface area contributed by atoms with Crippen molar-refractivity contribution in [3.8, 4) is 0 Å². The van der Waals surface area contributed by atoms with Gasteiger partial charge in [0.15, 0.2) is 0 Å². The Kier molecular flexibility index (Phi) is 6.75. The zero-order valence-corrected chi connectivity index (χ0v) is 14.3. The summed E-state index contributed by atoms with van der Waals surface area (Å²) >= 11 is 6.07. The van der Waals surface area contributed by atoms with Crippen LogP contribution in [-0.4, -0.2) is 23.3 Å². The molecule has 1 aromatic heterocycles. The molecule has 0 saturated heterocycles. The number of nitrogens with one attached hydrogen (secondary N) is 2. The average Bonchev–Trinajstić information content (AvgIpc) is 2.56. The first-order valence-corrected chi connectivity index (χ1v) is 8.19. The van der Waals surface area contributed by atoms with Crippen molar-refractivity contribution in [1.82, 2.24) is 10.3 Å². The second kappa shape index (κ2) is 9.03. The maximum absolute atomic E-state index is 12.2. The SMILES string of the molecule is CC(=O)Nc1ccc(Cl)c(C(=O)NCCCCc2ccccn2)c1. The van der Waals surface area contributed by atoms with E-state index in [1.54, 1.807) is 24.4 Å². The quantitative estimate of drug-likeness (QED) is 0.755. The molecule has 1 heterocycles. The number of hydrogen-bond acceptors (Lipinski definition) is 3. The van der Waals surface area contributed by atoms with E-state index in [0.717, 1.165) is 25.0 Å². The van der Waals surface area contributed by atoms with Crippen molar-refractivity contribution in [2.75, 3.05) is 11.9 Å². The van der Waals surface area contributed by atoms with Gasteiger partial charge in [0.05, 0.1) is 10.6 Å². The third-order valence-corrected chi connectivity index (χ3v) is 3.73. The Hall–Kier alpha value is -2.40. The summed E-state index contributed by atoms with van der Waals surface area (Å²) in [5.41, 5.74) is 1.95. The van der Waals surface area contributed by atoms with Gasteiger partial charge in [0.25, 0.3) is 5.91 Å². The van der Waals surface area contributed by atoms with E-state index >= 15 is 0 Å².